The van der Waals surface area contributed by atoms with E-state index in [0.29, 0.717) is 11.4 Å². The molecule has 0 saturated heterocycles. The number of imidazole rings is 1. The van der Waals surface area contributed by atoms with Gasteiger partial charge in [0.05, 0.1) is 11.0 Å². The predicted octanol–water partition coefficient (Wildman–Crippen LogP) is 2.67. The van der Waals surface area contributed by atoms with Crippen molar-refractivity contribution < 1.29 is 14.6 Å². The number of aryl methyl sites for hydroxylation is 1. The minimum absolute atomic E-state index is 0.203. The number of nitrogens with one attached hydrogen (secondary N) is 1. The monoisotopic (exact) mass is 310 g/mol. The Morgan fingerprint density at radius 3 is 2.70 bits per heavy atom. The Morgan fingerprint density at radius 2 is 2.00 bits per heavy atom. The van der Waals surface area contributed by atoms with Gasteiger partial charge in [-0.25, -0.2) is 4.98 Å². The van der Waals surface area contributed by atoms with E-state index in [-0.39, 0.29) is 6.61 Å². The van der Waals surface area contributed by atoms with E-state index in [1.54, 1.807) is 12.1 Å². The summed E-state index contributed by atoms with van der Waals surface area (Å²) in [5, 5.41) is 11.2. The third kappa shape index (κ3) is 2.96. The molecule has 1 aromatic heterocycles. The number of aliphatic hydroxyl groups is 1. The van der Waals surface area contributed by atoms with Crippen molar-refractivity contribution in [3.8, 4) is 0 Å². The van der Waals surface area contributed by atoms with Gasteiger partial charge in [-0.2, -0.15) is 0 Å². The molecule has 0 aliphatic carbocycles. The molecule has 3 rings (SSSR count). The van der Waals surface area contributed by atoms with Gasteiger partial charge in [0.25, 0.3) is 0 Å². The van der Waals surface area contributed by atoms with Crippen LogP contribution in [-0.4, -0.2) is 27.7 Å². The molecule has 1 heterocycles. The molecule has 2 N–H and O–H groups in total. The zero-order valence-electron chi connectivity index (χ0n) is 13.0. The highest BCUT2D eigenvalue weighted by Crippen LogP contribution is 2.30. The van der Waals surface area contributed by atoms with Crippen LogP contribution in [0.2, 0.25) is 0 Å². The molecule has 0 amide bonds. The van der Waals surface area contributed by atoms with Crippen LogP contribution in [-0.2, 0) is 15.1 Å². The second kappa shape index (κ2) is 5.85. The molecule has 0 aliphatic rings. The zero-order valence-corrected chi connectivity index (χ0v) is 13.0. The molecular formula is C18H18N2O3. The zero-order chi connectivity index (χ0) is 16.4. The smallest absolute Gasteiger partial charge is 0.302 e. The number of rotatable bonds is 4. The number of carbonyl (C=O) groups is 1. The number of aromatic amines is 1. The molecule has 0 aliphatic heterocycles. The molecular weight excluding hydrogens is 292 g/mol. The van der Waals surface area contributed by atoms with Gasteiger partial charge < -0.3 is 14.8 Å². The average molecular weight is 310 g/mol. The maximum absolute atomic E-state index is 11.2. The maximum Gasteiger partial charge on any atom is 0.302 e. The number of ether oxygens (including phenoxy) is 1. The first-order chi connectivity index (χ1) is 11.0. The van der Waals surface area contributed by atoms with Crippen LogP contribution in [0.1, 0.15) is 23.9 Å². The Morgan fingerprint density at radius 1 is 1.26 bits per heavy atom. The quantitative estimate of drug-likeness (QED) is 0.727. The van der Waals surface area contributed by atoms with E-state index in [0.717, 1.165) is 16.6 Å². The number of hydrogen-bond donors (Lipinski definition) is 2. The second-order valence-electron chi connectivity index (χ2n) is 5.61. The van der Waals surface area contributed by atoms with Gasteiger partial charge >= 0.3 is 5.97 Å². The number of nitrogens with zero attached hydrogens (tertiary/aromatic N) is 1. The van der Waals surface area contributed by atoms with E-state index in [9.17, 15) is 9.90 Å². The van der Waals surface area contributed by atoms with E-state index in [1.807, 2.05) is 43.3 Å². The van der Waals surface area contributed by atoms with Crippen molar-refractivity contribution in [1.82, 2.24) is 9.97 Å². The van der Waals surface area contributed by atoms with Crippen molar-refractivity contribution in [3.05, 3.63) is 65.5 Å². The topological polar surface area (TPSA) is 75.2 Å². The molecule has 2 aromatic carbocycles. The number of carbonyl (C=O) groups excluding carboxylic acids is 1. The van der Waals surface area contributed by atoms with E-state index >= 15 is 0 Å². The van der Waals surface area contributed by atoms with Crippen LogP contribution in [0.15, 0.2) is 48.5 Å². The fraction of sp³-hybridized carbons (Fsp3) is 0.222. The van der Waals surface area contributed by atoms with Crippen LogP contribution < -0.4 is 0 Å². The number of fused-ring (bicyclic) bond motifs is 1. The normalized spacial score (nSPS) is 13.7. The Kier molecular flexibility index (Phi) is 3.88. The second-order valence-corrected chi connectivity index (χ2v) is 5.61. The van der Waals surface area contributed by atoms with Crippen molar-refractivity contribution in [2.24, 2.45) is 0 Å². The minimum Gasteiger partial charge on any atom is -0.462 e. The van der Waals surface area contributed by atoms with Gasteiger partial charge in [0, 0.05) is 6.92 Å². The van der Waals surface area contributed by atoms with Gasteiger partial charge in [-0.15, -0.1) is 0 Å². The molecule has 0 fully saturated rings. The van der Waals surface area contributed by atoms with Gasteiger partial charge in [-0.3, -0.25) is 4.79 Å². The summed E-state index contributed by atoms with van der Waals surface area (Å²) < 4.78 is 5.09. The summed E-state index contributed by atoms with van der Waals surface area (Å²) in [5.41, 5.74) is 1.76. The van der Waals surface area contributed by atoms with E-state index < -0.39 is 11.6 Å². The number of aromatic nitrogens is 2. The van der Waals surface area contributed by atoms with Gasteiger partial charge in [0.15, 0.2) is 5.60 Å². The van der Waals surface area contributed by atoms with Crippen LogP contribution in [0.3, 0.4) is 0 Å². The lowest BCUT2D eigenvalue weighted by Crippen LogP contribution is -2.35. The van der Waals surface area contributed by atoms with Crippen LogP contribution in [0.5, 0.6) is 0 Å². The van der Waals surface area contributed by atoms with Crippen molar-refractivity contribution in [2.45, 2.75) is 19.4 Å². The summed E-state index contributed by atoms with van der Waals surface area (Å²) in [6.45, 7) is 3.10. The summed E-state index contributed by atoms with van der Waals surface area (Å²) in [7, 11) is 0. The fourth-order valence-corrected chi connectivity index (χ4v) is 2.53. The predicted molar refractivity (Wildman–Crippen MR) is 86.9 cm³/mol. The Labute approximate surface area is 133 Å². The third-order valence-electron chi connectivity index (χ3n) is 3.76. The molecule has 3 aromatic rings. The lowest BCUT2D eigenvalue weighted by molar-refractivity contribution is -0.147. The number of hydrogen-bond acceptors (Lipinski definition) is 4. The molecule has 0 saturated carbocycles. The molecule has 23 heavy (non-hydrogen) atoms. The van der Waals surface area contributed by atoms with Crippen LogP contribution in [0.4, 0.5) is 0 Å². The van der Waals surface area contributed by atoms with Crippen molar-refractivity contribution in [3.63, 3.8) is 0 Å². The Hall–Kier alpha value is -2.66. The van der Waals surface area contributed by atoms with Crippen LogP contribution in [0, 0.1) is 6.92 Å². The van der Waals surface area contributed by atoms with E-state index in [2.05, 4.69) is 9.97 Å². The Bertz CT molecular complexity index is 842. The van der Waals surface area contributed by atoms with Gasteiger partial charge in [-0.1, -0.05) is 36.4 Å². The van der Waals surface area contributed by atoms with Crippen LogP contribution in [0.25, 0.3) is 11.0 Å². The molecule has 118 valence electrons. The third-order valence-corrected chi connectivity index (χ3v) is 3.76. The summed E-state index contributed by atoms with van der Waals surface area (Å²) in [6.07, 6.45) is 0. The molecule has 0 spiro atoms. The average Bonchev–Trinajstić information content (AvgIpc) is 2.97. The minimum atomic E-state index is -1.53. The van der Waals surface area contributed by atoms with Crippen molar-refractivity contribution >= 4 is 17.0 Å². The summed E-state index contributed by atoms with van der Waals surface area (Å²) in [4.78, 5) is 18.8. The van der Waals surface area contributed by atoms with Crippen LogP contribution >= 0.6 is 0 Å². The highest BCUT2D eigenvalue weighted by atomic mass is 16.5. The molecule has 5 heteroatoms. The van der Waals surface area contributed by atoms with E-state index in [4.69, 9.17) is 4.74 Å². The van der Waals surface area contributed by atoms with Gasteiger partial charge in [0.1, 0.15) is 12.4 Å². The van der Waals surface area contributed by atoms with Gasteiger partial charge in [-0.05, 0) is 30.2 Å². The summed E-state index contributed by atoms with van der Waals surface area (Å²) in [6, 6.07) is 14.9. The fourth-order valence-electron chi connectivity index (χ4n) is 2.53. The highest BCUT2D eigenvalue weighted by molar-refractivity contribution is 5.76. The number of esters is 1. The Balaban J connectivity index is 2.11. The van der Waals surface area contributed by atoms with E-state index in [1.165, 1.54) is 6.92 Å². The molecule has 0 radical (unpaired) electrons. The molecule has 5 nitrogen and oxygen atoms in total. The largest absolute Gasteiger partial charge is 0.462 e. The standard InChI is InChI=1S/C18H18N2O3/c1-12-8-9-15-16(10-12)20-17(19-15)18(22,11-23-13(2)21)14-6-4-3-5-7-14/h3-10,22H,11H2,1-2H3,(H,19,20). The van der Waals surface area contributed by atoms with Crippen molar-refractivity contribution in [2.75, 3.05) is 6.61 Å². The summed E-state index contributed by atoms with van der Waals surface area (Å²) >= 11 is 0. The highest BCUT2D eigenvalue weighted by Gasteiger charge is 2.36. The van der Waals surface area contributed by atoms with Gasteiger partial charge in [0.2, 0.25) is 0 Å². The first-order valence-corrected chi connectivity index (χ1v) is 7.37. The number of benzene rings is 2. The molecule has 1 unspecified atom stereocenters. The lowest BCUT2D eigenvalue weighted by Gasteiger charge is -2.25. The lowest BCUT2D eigenvalue weighted by atomic mass is 9.94. The first-order valence-electron chi connectivity index (χ1n) is 7.37. The number of H-pyrrole nitrogens is 1. The molecule has 0 bridgehead atoms. The summed E-state index contributed by atoms with van der Waals surface area (Å²) in [5.74, 6) is -0.100. The maximum atomic E-state index is 11.2. The first kappa shape index (κ1) is 15.2. The SMILES string of the molecule is CC(=O)OCC(O)(c1ccccc1)c1nc2ccc(C)cc2[nH]1. The van der Waals surface area contributed by atoms with Crippen molar-refractivity contribution in [1.29, 1.82) is 0 Å². The molecule has 1 atom stereocenters.